The minimum absolute atomic E-state index is 0.0146. The molecule has 2 heterocycles. The number of nitro benzene ring substituents is 1. The minimum Gasteiger partial charge on any atom is -0.345 e. The summed E-state index contributed by atoms with van der Waals surface area (Å²) in [7, 11) is 0. The van der Waals surface area contributed by atoms with Gasteiger partial charge < -0.3 is 4.90 Å². The van der Waals surface area contributed by atoms with Crippen LogP contribution in [0.2, 0.25) is 0 Å². The fourth-order valence-corrected chi connectivity index (χ4v) is 4.31. The van der Waals surface area contributed by atoms with E-state index < -0.39 is 4.92 Å². The van der Waals surface area contributed by atoms with Crippen molar-refractivity contribution >= 4 is 32.2 Å². The predicted octanol–water partition coefficient (Wildman–Crippen LogP) is 2.65. The van der Waals surface area contributed by atoms with E-state index in [1.807, 2.05) is 0 Å². The zero-order valence-corrected chi connectivity index (χ0v) is 15.5. The Morgan fingerprint density at radius 2 is 1.96 bits per heavy atom. The van der Waals surface area contributed by atoms with Gasteiger partial charge in [0.1, 0.15) is 4.70 Å². The normalized spacial score (nSPS) is 15.9. The zero-order chi connectivity index (χ0) is 18.1. The number of nitrogens with zero attached hydrogens (tertiary/aromatic N) is 4. The number of anilines is 1. The third-order valence-electron chi connectivity index (χ3n) is 4.30. The molecule has 0 atom stereocenters. The Labute approximate surface area is 150 Å². The van der Waals surface area contributed by atoms with E-state index >= 15 is 0 Å². The number of hydrogen-bond acceptors (Lipinski definition) is 7. The first-order valence-electron chi connectivity index (χ1n) is 8.42. The smallest absolute Gasteiger partial charge is 0.287 e. The van der Waals surface area contributed by atoms with Crippen LogP contribution < -0.4 is 10.5 Å². The van der Waals surface area contributed by atoms with Gasteiger partial charge in [-0.3, -0.25) is 19.8 Å². The lowest BCUT2D eigenvalue weighted by atomic mass is 10.1. The van der Waals surface area contributed by atoms with E-state index in [4.69, 9.17) is 0 Å². The summed E-state index contributed by atoms with van der Waals surface area (Å²) >= 11 is 1.24. The van der Waals surface area contributed by atoms with Crippen LogP contribution in [0.5, 0.6) is 0 Å². The number of hydrogen-bond donors (Lipinski definition) is 0. The molecule has 0 radical (unpaired) electrons. The van der Waals surface area contributed by atoms with E-state index in [-0.39, 0.29) is 11.2 Å². The van der Waals surface area contributed by atoms with E-state index in [0.717, 1.165) is 32.7 Å². The van der Waals surface area contributed by atoms with E-state index in [1.165, 1.54) is 17.4 Å². The van der Waals surface area contributed by atoms with Gasteiger partial charge in [0.25, 0.3) is 11.2 Å². The molecule has 3 rings (SSSR count). The number of aryl methyl sites for hydroxylation is 1. The molecule has 0 bridgehead atoms. The highest BCUT2D eigenvalue weighted by Crippen LogP contribution is 2.32. The fourth-order valence-electron chi connectivity index (χ4n) is 3.19. The van der Waals surface area contributed by atoms with Gasteiger partial charge in [-0.05, 0) is 24.5 Å². The number of fused-ring (bicyclic) bond motifs is 1. The van der Waals surface area contributed by atoms with Crippen molar-refractivity contribution in [1.29, 1.82) is 0 Å². The van der Waals surface area contributed by atoms with Gasteiger partial charge in [0, 0.05) is 38.8 Å². The summed E-state index contributed by atoms with van der Waals surface area (Å²) in [6, 6.07) is 3.20. The third-order valence-corrected chi connectivity index (χ3v) is 5.46. The maximum absolute atomic E-state index is 12.4. The van der Waals surface area contributed by atoms with Gasteiger partial charge in [-0.25, -0.2) is 0 Å². The van der Waals surface area contributed by atoms with Crippen LogP contribution in [0.25, 0.3) is 10.1 Å². The van der Waals surface area contributed by atoms with Crippen LogP contribution in [0.4, 0.5) is 10.8 Å². The van der Waals surface area contributed by atoms with Gasteiger partial charge in [-0.15, -0.1) is 0 Å². The SMILES string of the molecule is Cc1cc([N+](=O)[O-])c2sc(N3CCN(CC(C)C)CC3)nc(=O)c2c1. The van der Waals surface area contributed by atoms with Crippen molar-refractivity contribution in [2.75, 3.05) is 37.6 Å². The standard InChI is InChI=1S/C17H22N4O3S/c1-11(2)10-19-4-6-20(7-5-19)17-18-16(22)13-8-12(3)9-14(21(23)24)15(13)25-17/h8-9,11H,4-7,10H2,1-3H3. The van der Waals surface area contributed by atoms with Crippen molar-refractivity contribution in [2.24, 2.45) is 5.92 Å². The largest absolute Gasteiger partial charge is 0.345 e. The summed E-state index contributed by atoms with van der Waals surface area (Å²) in [6.45, 7) is 10.6. The molecule has 2 aromatic rings. The van der Waals surface area contributed by atoms with Crippen LogP contribution >= 0.6 is 11.3 Å². The van der Waals surface area contributed by atoms with E-state index in [9.17, 15) is 14.9 Å². The molecule has 1 aliphatic heterocycles. The first-order valence-corrected chi connectivity index (χ1v) is 9.24. The van der Waals surface area contributed by atoms with Crippen LogP contribution in [0.1, 0.15) is 19.4 Å². The average Bonchev–Trinajstić information content (AvgIpc) is 2.54. The van der Waals surface area contributed by atoms with Crippen molar-refractivity contribution in [3.05, 3.63) is 38.2 Å². The Kier molecular flexibility index (Phi) is 5.01. The van der Waals surface area contributed by atoms with Crippen molar-refractivity contribution in [3.8, 4) is 0 Å². The number of piperazine rings is 1. The first kappa shape index (κ1) is 17.8. The average molecular weight is 362 g/mol. The maximum Gasteiger partial charge on any atom is 0.287 e. The molecule has 1 aromatic carbocycles. The monoisotopic (exact) mass is 362 g/mol. The molecule has 25 heavy (non-hydrogen) atoms. The summed E-state index contributed by atoms with van der Waals surface area (Å²) in [4.78, 5) is 32.0. The molecule has 1 aliphatic rings. The lowest BCUT2D eigenvalue weighted by Gasteiger charge is -2.35. The molecule has 8 heteroatoms. The molecule has 1 fully saturated rings. The molecule has 0 aliphatic carbocycles. The Morgan fingerprint density at radius 3 is 2.56 bits per heavy atom. The Hall–Kier alpha value is -2.06. The molecule has 0 saturated carbocycles. The molecular weight excluding hydrogens is 340 g/mol. The summed E-state index contributed by atoms with van der Waals surface area (Å²) in [6.07, 6.45) is 0. The van der Waals surface area contributed by atoms with E-state index in [2.05, 4.69) is 28.6 Å². The van der Waals surface area contributed by atoms with Crippen molar-refractivity contribution < 1.29 is 4.92 Å². The molecule has 0 amide bonds. The zero-order valence-electron chi connectivity index (χ0n) is 14.7. The lowest BCUT2D eigenvalue weighted by molar-refractivity contribution is -0.382. The van der Waals surface area contributed by atoms with Crippen LogP contribution in [0, 0.1) is 23.0 Å². The van der Waals surface area contributed by atoms with Crippen molar-refractivity contribution in [2.45, 2.75) is 20.8 Å². The maximum atomic E-state index is 12.4. The van der Waals surface area contributed by atoms with Crippen molar-refractivity contribution in [1.82, 2.24) is 9.88 Å². The molecular formula is C17H22N4O3S. The highest BCUT2D eigenvalue weighted by molar-refractivity contribution is 7.22. The Balaban J connectivity index is 1.94. The predicted molar refractivity (Wildman–Crippen MR) is 101 cm³/mol. The van der Waals surface area contributed by atoms with E-state index in [0.29, 0.717) is 26.7 Å². The highest BCUT2D eigenvalue weighted by atomic mass is 32.1. The lowest BCUT2D eigenvalue weighted by Crippen LogP contribution is -2.47. The van der Waals surface area contributed by atoms with Crippen LogP contribution in [-0.2, 0) is 0 Å². The second-order valence-corrected chi connectivity index (χ2v) is 7.88. The summed E-state index contributed by atoms with van der Waals surface area (Å²) in [5.74, 6) is 0.618. The molecule has 134 valence electrons. The molecule has 1 saturated heterocycles. The minimum atomic E-state index is -0.421. The molecule has 0 spiro atoms. The van der Waals surface area contributed by atoms with Crippen LogP contribution in [0.3, 0.4) is 0 Å². The number of benzene rings is 1. The van der Waals surface area contributed by atoms with Crippen LogP contribution in [-0.4, -0.2) is 47.5 Å². The van der Waals surface area contributed by atoms with E-state index in [1.54, 1.807) is 13.0 Å². The van der Waals surface area contributed by atoms with Gasteiger partial charge >= 0.3 is 0 Å². The second-order valence-electron chi connectivity index (χ2n) is 6.90. The second kappa shape index (κ2) is 7.05. The number of nitro groups is 1. The first-order chi connectivity index (χ1) is 11.8. The number of aromatic nitrogens is 1. The Bertz CT molecular complexity index is 857. The van der Waals surface area contributed by atoms with Gasteiger partial charge in [-0.2, -0.15) is 4.98 Å². The van der Waals surface area contributed by atoms with Crippen molar-refractivity contribution in [3.63, 3.8) is 0 Å². The number of rotatable bonds is 4. The van der Waals surface area contributed by atoms with Gasteiger partial charge in [0.2, 0.25) is 0 Å². The van der Waals surface area contributed by atoms with Gasteiger partial charge in [-0.1, -0.05) is 25.2 Å². The fraction of sp³-hybridized carbons (Fsp3) is 0.529. The molecule has 7 nitrogen and oxygen atoms in total. The van der Waals surface area contributed by atoms with Crippen LogP contribution in [0.15, 0.2) is 16.9 Å². The summed E-state index contributed by atoms with van der Waals surface area (Å²) < 4.78 is 0.412. The number of non-ortho nitro benzene ring substituents is 1. The Morgan fingerprint density at radius 1 is 1.28 bits per heavy atom. The summed E-state index contributed by atoms with van der Waals surface area (Å²) in [5, 5.41) is 12.3. The highest BCUT2D eigenvalue weighted by Gasteiger charge is 2.23. The van der Waals surface area contributed by atoms with Gasteiger partial charge in [0.15, 0.2) is 5.13 Å². The van der Waals surface area contributed by atoms with Gasteiger partial charge in [0.05, 0.1) is 10.3 Å². The molecule has 0 N–H and O–H groups in total. The summed E-state index contributed by atoms with van der Waals surface area (Å²) in [5.41, 5.74) is 0.291. The molecule has 0 unspecified atom stereocenters. The molecule has 1 aromatic heterocycles. The topological polar surface area (TPSA) is 79.6 Å². The third kappa shape index (κ3) is 3.80. The quantitative estimate of drug-likeness (QED) is 0.614.